The minimum atomic E-state index is 0.109. The lowest BCUT2D eigenvalue weighted by Gasteiger charge is -2.04. The highest BCUT2D eigenvalue weighted by Crippen LogP contribution is 2.23. The van der Waals surface area contributed by atoms with E-state index in [2.05, 4.69) is 10.1 Å². The first kappa shape index (κ1) is 11.1. The lowest BCUT2D eigenvalue weighted by molar-refractivity contribution is -0.113. The third-order valence-electron chi connectivity index (χ3n) is 2.87. The monoisotopic (exact) mass is 257 g/mol. The maximum atomic E-state index is 11.5. The zero-order chi connectivity index (χ0) is 12.7. The van der Waals surface area contributed by atoms with Crippen LogP contribution in [0.4, 0.5) is 0 Å². The summed E-state index contributed by atoms with van der Waals surface area (Å²) < 4.78 is 2.42. The molecule has 0 unspecified atom stereocenters. The molecule has 0 radical (unpaired) electrons. The van der Waals surface area contributed by atoms with E-state index in [1.165, 1.54) is 0 Å². The summed E-state index contributed by atoms with van der Waals surface area (Å²) in [6.45, 7) is 1.91. The topological polar surface area (TPSA) is 50.2 Å². The molecule has 0 bridgehead atoms. The Bertz CT molecular complexity index is 764. The summed E-state index contributed by atoms with van der Waals surface area (Å²) in [6.07, 6.45) is 7.75. The molecule has 1 N–H and O–H groups in total. The fourth-order valence-corrected chi connectivity index (χ4v) is 2.37. The van der Waals surface area contributed by atoms with E-state index in [4.69, 9.17) is 12.2 Å². The molecule has 2 aromatic rings. The Morgan fingerprint density at radius 2 is 2.33 bits per heavy atom. The Hall–Kier alpha value is -2.01. The lowest BCUT2D eigenvalue weighted by Crippen LogP contribution is -1.98. The van der Waals surface area contributed by atoms with Crippen molar-refractivity contribution in [3.63, 3.8) is 0 Å². The Balaban J connectivity index is 2.28. The molecule has 1 aliphatic rings. The van der Waals surface area contributed by atoms with E-state index in [0.717, 1.165) is 22.5 Å². The van der Waals surface area contributed by atoms with Crippen molar-refractivity contribution < 1.29 is 4.79 Å². The van der Waals surface area contributed by atoms with Gasteiger partial charge in [0.1, 0.15) is 4.64 Å². The maximum absolute atomic E-state index is 11.5. The molecule has 3 rings (SSSR count). The Morgan fingerprint density at radius 1 is 1.50 bits per heavy atom. The number of carbonyl (C=O) groups excluding carboxylic acids is 1. The van der Waals surface area contributed by atoms with Crippen LogP contribution in [0.3, 0.4) is 0 Å². The van der Waals surface area contributed by atoms with E-state index in [1.54, 1.807) is 10.6 Å². The summed E-state index contributed by atoms with van der Waals surface area (Å²) in [5.74, 6) is 0.109. The molecule has 0 aliphatic heterocycles. The Morgan fingerprint density at radius 3 is 3.11 bits per heavy atom. The molecule has 5 heteroatoms. The van der Waals surface area contributed by atoms with Crippen LogP contribution in [0, 0.1) is 11.6 Å². The quantitative estimate of drug-likeness (QED) is 0.799. The number of rotatable bonds is 1. The second-order valence-corrected chi connectivity index (χ2v) is 4.67. The van der Waals surface area contributed by atoms with Crippen LogP contribution in [0.2, 0.25) is 0 Å². The number of aryl methyl sites for hydroxylation is 1. The maximum Gasteiger partial charge on any atom is 0.162 e. The van der Waals surface area contributed by atoms with Crippen LogP contribution in [0.1, 0.15) is 17.7 Å². The van der Waals surface area contributed by atoms with E-state index in [0.29, 0.717) is 11.1 Å². The summed E-state index contributed by atoms with van der Waals surface area (Å²) in [6, 6.07) is 1.83. The minimum absolute atomic E-state index is 0.109. The predicted octanol–water partition coefficient (Wildman–Crippen LogP) is 2.61. The summed E-state index contributed by atoms with van der Waals surface area (Å²) in [4.78, 5) is 15.9. The van der Waals surface area contributed by atoms with Crippen LogP contribution in [-0.2, 0) is 4.79 Å². The zero-order valence-electron chi connectivity index (χ0n) is 9.80. The number of nitrogens with zero attached hydrogens (tertiary/aromatic N) is 2. The van der Waals surface area contributed by atoms with Crippen molar-refractivity contribution in [2.45, 2.75) is 13.3 Å². The van der Waals surface area contributed by atoms with Gasteiger partial charge >= 0.3 is 0 Å². The van der Waals surface area contributed by atoms with E-state index in [9.17, 15) is 4.79 Å². The number of ketones is 1. The van der Waals surface area contributed by atoms with Gasteiger partial charge in [0.2, 0.25) is 0 Å². The predicted molar refractivity (Wildman–Crippen MR) is 71.9 cm³/mol. The minimum Gasteiger partial charge on any atom is -0.298 e. The van der Waals surface area contributed by atoms with E-state index >= 15 is 0 Å². The van der Waals surface area contributed by atoms with Crippen LogP contribution in [0.15, 0.2) is 30.5 Å². The number of hydrogen-bond acceptors (Lipinski definition) is 3. The average molecular weight is 257 g/mol. The second-order valence-electron chi connectivity index (χ2n) is 4.25. The van der Waals surface area contributed by atoms with Crippen molar-refractivity contribution in [1.29, 1.82) is 0 Å². The summed E-state index contributed by atoms with van der Waals surface area (Å²) in [7, 11) is 0. The Labute approximate surface area is 109 Å². The van der Waals surface area contributed by atoms with Gasteiger partial charge in [-0.25, -0.2) is 9.50 Å². The molecule has 0 saturated carbocycles. The molecular formula is C13H11N3OS. The first-order chi connectivity index (χ1) is 8.65. The van der Waals surface area contributed by atoms with Crippen molar-refractivity contribution >= 4 is 29.2 Å². The largest absolute Gasteiger partial charge is 0.298 e. The SMILES string of the molecule is Cc1cc(=S)n2[nH]cc(C3=CC(=O)CC=C3)c2n1. The van der Waals surface area contributed by atoms with Gasteiger partial charge in [0.25, 0.3) is 0 Å². The van der Waals surface area contributed by atoms with Gasteiger partial charge in [-0.3, -0.25) is 9.89 Å². The van der Waals surface area contributed by atoms with E-state index < -0.39 is 0 Å². The third kappa shape index (κ3) is 1.73. The van der Waals surface area contributed by atoms with Gasteiger partial charge in [-0.2, -0.15) is 0 Å². The number of H-pyrrole nitrogens is 1. The van der Waals surface area contributed by atoms with Crippen molar-refractivity contribution in [3.8, 4) is 0 Å². The molecule has 4 nitrogen and oxygen atoms in total. The van der Waals surface area contributed by atoms with Crippen molar-refractivity contribution in [1.82, 2.24) is 14.6 Å². The van der Waals surface area contributed by atoms with Crippen molar-refractivity contribution in [2.24, 2.45) is 0 Å². The standard InChI is InChI=1S/C13H11N3OS/c1-8-5-12(18)16-13(15-8)11(7-14-16)9-3-2-4-10(17)6-9/h2-3,5-7,14H,4H2,1H3. The van der Waals surface area contributed by atoms with E-state index in [-0.39, 0.29) is 5.78 Å². The number of allylic oxidation sites excluding steroid dienone is 4. The molecule has 2 aromatic heterocycles. The molecule has 1 aliphatic carbocycles. The fourth-order valence-electron chi connectivity index (χ4n) is 2.06. The van der Waals surface area contributed by atoms with Gasteiger partial charge in [-0.15, -0.1) is 0 Å². The molecule has 0 amide bonds. The smallest absolute Gasteiger partial charge is 0.162 e. The molecule has 0 aromatic carbocycles. The number of fused-ring (bicyclic) bond motifs is 1. The van der Waals surface area contributed by atoms with Gasteiger partial charge in [-0.1, -0.05) is 24.4 Å². The highest BCUT2D eigenvalue weighted by atomic mass is 32.1. The lowest BCUT2D eigenvalue weighted by atomic mass is 10.0. The molecular weight excluding hydrogens is 246 g/mol. The van der Waals surface area contributed by atoms with Crippen molar-refractivity contribution in [2.75, 3.05) is 0 Å². The fraction of sp³-hybridized carbons (Fsp3) is 0.154. The summed E-state index contributed by atoms with van der Waals surface area (Å²) in [5.41, 5.74) is 3.39. The van der Waals surface area contributed by atoms with Crippen LogP contribution < -0.4 is 0 Å². The molecule has 0 fully saturated rings. The zero-order valence-corrected chi connectivity index (χ0v) is 10.6. The van der Waals surface area contributed by atoms with Gasteiger partial charge in [0.05, 0.1) is 0 Å². The van der Waals surface area contributed by atoms with Crippen LogP contribution >= 0.6 is 12.2 Å². The average Bonchev–Trinajstić information content (AvgIpc) is 2.72. The normalized spacial score (nSPS) is 15.2. The van der Waals surface area contributed by atoms with Crippen LogP contribution in [-0.4, -0.2) is 20.4 Å². The summed E-state index contributed by atoms with van der Waals surface area (Å²) >= 11 is 5.27. The van der Waals surface area contributed by atoms with Gasteiger partial charge < -0.3 is 0 Å². The van der Waals surface area contributed by atoms with Gasteiger partial charge in [-0.05, 0) is 24.6 Å². The van der Waals surface area contributed by atoms with Gasteiger partial charge in [0.15, 0.2) is 11.4 Å². The number of carbonyl (C=O) groups is 1. The summed E-state index contributed by atoms with van der Waals surface area (Å²) in [5, 5.41) is 3.06. The highest BCUT2D eigenvalue weighted by Gasteiger charge is 2.12. The second kappa shape index (κ2) is 4.03. The molecule has 18 heavy (non-hydrogen) atoms. The van der Waals surface area contributed by atoms with Gasteiger partial charge in [0, 0.05) is 23.9 Å². The van der Waals surface area contributed by atoms with Crippen LogP contribution in [0.5, 0.6) is 0 Å². The molecule has 90 valence electrons. The van der Waals surface area contributed by atoms with Crippen molar-refractivity contribution in [3.05, 3.63) is 46.4 Å². The number of nitrogens with one attached hydrogen (secondary N) is 1. The third-order valence-corrected chi connectivity index (χ3v) is 3.17. The first-order valence-corrected chi connectivity index (χ1v) is 6.05. The molecule has 0 saturated heterocycles. The molecule has 0 spiro atoms. The highest BCUT2D eigenvalue weighted by molar-refractivity contribution is 7.71. The number of aromatic nitrogens is 3. The number of hydrogen-bond donors (Lipinski definition) is 1. The molecule has 0 atom stereocenters. The Kier molecular flexibility index (Phi) is 2.48. The first-order valence-electron chi connectivity index (χ1n) is 5.64. The van der Waals surface area contributed by atoms with E-state index in [1.807, 2.05) is 31.3 Å². The van der Waals surface area contributed by atoms with Crippen LogP contribution in [0.25, 0.3) is 11.2 Å². The number of aromatic amines is 1. The molecule has 2 heterocycles.